The predicted molar refractivity (Wildman–Crippen MR) is 82.9 cm³/mol. The van der Waals surface area contributed by atoms with Gasteiger partial charge in [-0.1, -0.05) is 0 Å². The van der Waals surface area contributed by atoms with Gasteiger partial charge in [0.2, 0.25) is 0 Å². The molecule has 1 saturated carbocycles. The molecule has 7 nitrogen and oxygen atoms in total. The number of carbonyl (C=O) groups is 1. The molecule has 128 valence electrons. The van der Waals surface area contributed by atoms with Gasteiger partial charge in [0.05, 0.1) is 37.6 Å². The molecule has 1 aromatic heterocycles. The third kappa shape index (κ3) is 4.97. The second-order valence-electron chi connectivity index (χ2n) is 6.01. The summed E-state index contributed by atoms with van der Waals surface area (Å²) < 4.78 is 10.5. The van der Waals surface area contributed by atoms with Crippen molar-refractivity contribution >= 4 is 5.91 Å². The first kappa shape index (κ1) is 17.8. The average Bonchev–Trinajstić information content (AvgIpc) is 2.85. The summed E-state index contributed by atoms with van der Waals surface area (Å²) in [5, 5.41) is 22.6. The summed E-state index contributed by atoms with van der Waals surface area (Å²) in [6.07, 6.45) is 2.27. The highest BCUT2D eigenvalue weighted by atomic mass is 16.5. The van der Waals surface area contributed by atoms with Crippen LogP contribution in [0, 0.1) is 5.41 Å². The molecule has 3 atom stereocenters. The Kier molecular flexibility index (Phi) is 6.47. The van der Waals surface area contributed by atoms with E-state index in [1.54, 1.807) is 25.4 Å². The number of amides is 1. The molecule has 0 radical (unpaired) electrons. The van der Waals surface area contributed by atoms with Gasteiger partial charge in [-0.05, 0) is 25.0 Å². The number of hydrogen-bond acceptors (Lipinski definition) is 6. The van der Waals surface area contributed by atoms with Crippen LogP contribution < -0.4 is 5.32 Å². The Balaban J connectivity index is 1.94. The average molecular weight is 324 g/mol. The molecule has 1 amide bonds. The summed E-state index contributed by atoms with van der Waals surface area (Å²) in [5.41, 5.74) is -0.00759. The third-order valence-corrected chi connectivity index (χ3v) is 4.12. The second kappa shape index (κ2) is 8.35. The fraction of sp³-hybridized carbons (Fsp3) is 0.625. The number of carbonyl (C=O) groups excluding carboxylic acids is 1. The summed E-state index contributed by atoms with van der Waals surface area (Å²) >= 11 is 0. The number of nitrogens with one attached hydrogen (secondary N) is 1. The molecule has 0 saturated heterocycles. The van der Waals surface area contributed by atoms with Crippen molar-refractivity contribution in [2.45, 2.75) is 25.0 Å². The highest BCUT2D eigenvalue weighted by Crippen LogP contribution is 2.38. The van der Waals surface area contributed by atoms with E-state index >= 15 is 0 Å². The lowest BCUT2D eigenvalue weighted by Gasteiger charge is -2.29. The number of methoxy groups -OCH3 is 1. The molecule has 1 aliphatic carbocycles. The van der Waals surface area contributed by atoms with Gasteiger partial charge in [-0.15, -0.1) is 0 Å². The Morgan fingerprint density at radius 2 is 2.13 bits per heavy atom. The SMILES string of the molecule is COCCOCC1(CNC(=O)c2cccnc2)C[C@@H](O)[C@@H](O)C1. The zero-order valence-electron chi connectivity index (χ0n) is 13.3. The van der Waals surface area contributed by atoms with Crippen molar-refractivity contribution in [1.82, 2.24) is 10.3 Å². The number of aliphatic hydroxyl groups is 2. The first-order valence-electron chi connectivity index (χ1n) is 7.67. The van der Waals surface area contributed by atoms with Crippen molar-refractivity contribution in [1.29, 1.82) is 0 Å². The van der Waals surface area contributed by atoms with Crippen molar-refractivity contribution in [2.24, 2.45) is 5.41 Å². The highest BCUT2D eigenvalue weighted by Gasteiger charge is 2.44. The van der Waals surface area contributed by atoms with Crippen molar-refractivity contribution in [3.05, 3.63) is 30.1 Å². The number of ether oxygens (including phenoxy) is 2. The van der Waals surface area contributed by atoms with Crippen molar-refractivity contribution in [3.8, 4) is 0 Å². The van der Waals surface area contributed by atoms with Crippen LogP contribution in [0.25, 0.3) is 0 Å². The Bertz CT molecular complexity index is 487. The highest BCUT2D eigenvalue weighted by molar-refractivity contribution is 5.93. The Morgan fingerprint density at radius 1 is 1.39 bits per heavy atom. The molecule has 0 aromatic carbocycles. The number of rotatable bonds is 8. The zero-order valence-corrected chi connectivity index (χ0v) is 13.3. The number of aromatic nitrogens is 1. The first-order valence-corrected chi connectivity index (χ1v) is 7.67. The van der Waals surface area contributed by atoms with Crippen molar-refractivity contribution in [3.63, 3.8) is 0 Å². The van der Waals surface area contributed by atoms with E-state index in [1.165, 1.54) is 6.20 Å². The maximum absolute atomic E-state index is 12.1. The Labute approximate surface area is 135 Å². The van der Waals surface area contributed by atoms with Gasteiger partial charge in [-0.3, -0.25) is 9.78 Å². The molecule has 0 aliphatic heterocycles. The smallest absolute Gasteiger partial charge is 0.252 e. The topological polar surface area (TPSA) is 101 Å². The summed E-state index contributed by atoms with van der Waals surface area (Å²) in [5.74, 6) is -0.231. The quantitative estimate of drug-likeness (QED) is 0.581. The van der Waals surface area contributed by atoms with Crippen LogP contribution in [0.1, 0.15) is 23.2 Å². The number of pyridine rings is 1. The molecule has 23 heavy (non-hydrogen) atoms. The molecule has 1 fully saturated rings. The number of nitrogens with zero attached hydrogens (tertiary/aromatic N) is 1. The molecule has 1 unspecified atom stereocenters. The normalized spacial score (nSPS) is 27.1. The molecular formula is C16H24N2O5. The minimum atomic E-state index is -0.795. The largest absolute Gasteiger partial charge is 0.390 e. The van der Waals surface area contributed by atoms with E-state index in [2.05, 4.69) is 10.3 Å². The Morgan fingerprint density at radius 3 is 2.74 bits per heavy atom. The third-order valence-electron chi connectivity index (χ3n) is 4.12. The standard InChI is InChI=1S/C16H24N2O5/c1-22-5-6-23-11-16(7-13(19)14(20)8-16)10-18-15(21)12-3-2-4-17-9-12/h2-4,9,13-14,19-20H,5-8,10-11H2,1H3,(H,18,21)/t13-,14+,16?. The van der Waals surface area contributed by atoms with Gasteiger partial charge < -0.3 is 25.0 Å². The fourth-order valence-corrected chi connectivity index (χ4v) is 2.85. The van der Waals surface area contributed by atoms with Crippen LogP contribution in [0.5, 0.6) is 0 Å². The van der Waals surface area contributed by atoms with E-state index in [-0.39, 0.29) is 5.91 Å². The van der Waals surface area contributed by atoms with Crippen LogP contribution in [-0.4, -0.2) is 66.8 Å². The van der Waals surface area contributed by atoms with E-state index in [4.69, 9.17) is 9.47 Å². The van der Waals surface area contributed by atoms with Gasteiger partial charge >= 0.3 is 0 Å². The van der Waals surface area contributed by atoms with Gasteiger partial charge in [-0.2, -0.15) is 0 Å². The summed E-state index contributed by atoms with van der Waals surface area (Å²) in [6.45, 7) is 1.57. The second-order valence-corrected chi connectivity index (χ2v) is 6.01. The van der Waals surface area contributed by atoms with Crippen LogP contribution in [-0.2, 0) is 9.47 Å². The lowest BCUT2D eigenvalue weighted by molar-refractivity contribution is 0.0114. The van der Waals surface area contributed by atoms with E-state index in [9.17, 15) is 15.0 Å². The molecule has 0 bridgehead atoms. The lowest BCUT2D eigenvalue weighted by Crippen LogP contribution is -2.40. The van der Waals surface area contributed by atoms with E-state index < -0.39 is 17.6 Å². The number of hydrogen-bond donors (Lipinski definition) is 3. The fourth-order valence-electron chi connectivity index (χ4n) is 2.85. The zero-order chi connectivity index (χ0) is 16.7. The minimum Gasteiger partial charge on any atom is -0.390 e. The molecule has 0 spiro atoms. The van der Waals surface area contributed by atoms with E-state index in [1.807, 2.05) is 0 Å². The van der Waals surface area contributed by atoms with Crippen LogP contribution in [0.3, 0.4) is 0 Å². The van der Waals surface area contributed by atoms with Crippen molar-refractivity contribution in [2.75, 3.05) is 33.5 Å². The molecular weight excluding hydrogens is 300 g/mol. The first-order chi connectivity index (χ1) is 11.1. The molecule has 1 heterocycles. The maximum atomic E-state index is 12.1. The molecule has 7 heteroatoms. The lowest BCUT2D eigenvalue weighted by atomic mass is 9.86. The minimum absolute atomic E-state index is 0.231. The van der Waals surface area contributed by atoms with Crippen LogP contribution in [0.2, 0.25) is 0 Å². The monoisotopic (exact) mass is 324 g/mol. The van der Waals surface area contributed by atoms with Gasteiger partial charge in [-0.25, -0.2) is 0 Å². The molecule has 1 aromatic rings. The van der Waals surface area contributed by atoms with Gasteiger partial charge in [0.15, 0.2) is 0 Å². The molecule has 2 rings (SSSR count). The molecule has 1 aliphatic rings. The van der Waals surface area contributed by atoms with Gasteiger partial charge in [0.25, 0.3) is 5.91 Å². The maximum Gasteiger partial charge on any atom is 0.252 e. The summed E-state index contributed by atoms with van der Waals surface area (Å²) in [4.78, 5) is 16.1. The van der Waals surface area contributed by atoms with Gasteiger partial charge in [0.1, 0.15) is 0 Å². The van der Waals surface area contributed by atoms with Gasteiger partial charge in [0, 0.05) is 31.5 Å². The summed E-state index contributed by atoms with van der Waals surface area (Å²) in [7, 11) is 1.59. The van der Waals surface area contributed by atoms with E-state index in [0.717, 1.165) is 0 Å². The van der Waals surface area contributed by atoms with Crippen LogP contribution in [0.15, 0.2) is 24.5 Å². The number of aliphatic hydroxyl groups excluding tert-OH is 2. The van der Waals surface area contributed by atoms with Crippen molar-refractivity contribution < 1.29 is 24.5 Å². The van der Waals surface area contributed by atoms with Crippen LogP contribution in [0.4, 0.5) is 0 Å². The Hall–Kier alpha value is -1.54. The predicted octanol–water partition coefficient (Wildman–Crippen LogP) is -0.0236. The molecule has 3 N–H and O–H groups in total. The van der Waals surface area contributed by atoms with E-state index in [0.29, 0.717) is 44.8 Å². The van der Waals surface area contributed by atoms with Crippen LogP contribution >= 0.6 is 0 Å². The summed E-state index contributed by atoms with van der Waals surface area (Å²) in [6, 6.07) is 3.38.